The highest BCUT2D eigenvalue weighted by molar-refractivity contribution is 7.99. The number of rotatable bonds is 8. The van der Waals surface area contributed by atoms with Crippen LogP contribution in [-0.2, 0) is 4.79 Å². The van der Waals surface area contributed by atoms with E-state index in [0.717, 1.165) is 33.9 Å². The van der Waals surface area contributed by atoms with Gasteiger partial charge in [-0.2, -0.15) is 5.10 Å². The minimum Gasteiger partial charge on any atom is -0.508 e. The fourth-order valence-corrected chi connectivity index (χ4v) is 4.22. The molecule has 0 saturated heterocycles. The third-order valence-corrected chi connectivity index (χ3v) is 6.35. The fourth-order valence-electron chi connectivity index (χ4n) is 3.47. The Balaban J connectivity index is 1.53. The molecule has 1 heterocycles. The molecule has 1 aromatic heterocycles. The van der Waals surface area contributed by atoms with Gasteiger partial charge in [-0.25, -0.2) is 5.43 Å². The average Bonchev–Trinajstić information content (AvgIpc) is 3.29. The van der Waals surface area contributed by atoms with Gasteiger partial charge in [0.15, 0.2) is 11.0 Å². The first-order chi connectivity index (χ1) is 16.9. The molecule has 1 amide bonds. The molecule has 7 nitrogen and oxygen atoms in total. The highest BCUT2D eigenvalue weighted by Gasteiger charge is 2.17. The van der Waals surface area contributed by atoms with Gasteiger partial charge in [0.05, 0.1) is 11.5 Å². The summed E-state index contributed by atoms with van der Waals surface area (Å²) in [5.74, 6) is 0.798. The Morgan fingerprint density at radius 3 is 2.20 bits per heavy atom. The molecule has 0 saturated carbocycles. The van der Waals surface area contributed by atoms with Crippen molar-refractivity contribution < 1.29 is 9.90 Å². The van der Waals surface area contributed by atoms with Crippen LogP contribution in [0, 0.1) is 13.8 Å². The number of nitrogens with zero attached hydrogens (tertiary/aromatic N) is 4. The van der Waals surface area contributed by atoms with E-state index in [1.807, 2.05) is 73.9 Å². The fraction of sp³-hybridized carbons (Fsp3) is 0.185. The van der Waals surface area contributed by atoms with Crippen LogP contribution in [-0.4, -0.2) is 37.2 Å². The van der Waals surface area contributed by atoms with Crippen LogP contribution in [0.2, 0.25) is 0 Å². The summed E-state index contributed by atoms with van der Waals surface area (Å²) in [5, 5.41) is 23.2. The first-order valence-electron chi connectivity index (χ1n) is 11.3. The molecule has 0 radical (unpaired) electrons. The lowest BCUT2D eigenvalue weighted by atomic mass is 10.1. The number of hydrogen-bond donors (Lipinski definition) is 2. The molecule has 35 heavy (non-hydrogen) atoms. The van der Waals surface area contributed by atoms with Gasteiger partial charge in [0.25, 0.3) is 5.91 Å². The quantitative estimate of drug-likeness (QED) is 0.201. The molecule has 0 spiro atoms. The molecule has 0 unspecified atom stereocenters. The second-order valence-electron chi connectivity index (χ2n) is 8.13. The summed E-state index contributed by atoms with van der Waals surface area (Å²) in [6, 6.07) is 23.0. The van der Waals surface area contributed by atoms with E-state index in [4.69, 9.17) is 0 Å². The van der Waals surface area contributed by atoms with E-state index in [9.17, 15) is 9.90 Å². The number of phenolic OH excluding ortho intramolecular Hbond substituents is 1. The van der Waals surface area contributed by atoms with Crippen molar-refractivity contribution in [3.63, 3.8) is 0 Å². The molecule has 8 heteroatoms. The van der Waals surface area contributed by atoms with Crippen LogP contribution in [0.3, 0.4) is 0 Å². The number of phenols is 1. The van der Waals surface area contributed by atoms with Crippen LogP contribution < -0.4 is 5.43 Å². The predicted molar refractivity (Wildman–Crippen MR) is 140 cm³/mol. The third kappa shape index (κ3) is 5.96. The van der Waals surface area contributed by atoms with Gasteiger partial charge in [0.1, 0.15) is 5.75 Å². The van der Waals surface area contributed by atoms with E-state index < -0.39 is 0 Å². The Bertz CT molecular complexity index is 1330. The second kappa shape index (κ2) is 11.0. The Morgan fingerprint density at radius 2 is 1.57 bits per heavy atom. The standard InChI is InChI=1S/C27H27N5O2S/c1-4-24(20-11-15-23(33)16-12-20)28-29-25(34)17-35-27-31-30-26(21-9-5-18(2)6-10-21)32(27)22-13-7-19(3)8-14-22/h5-16,33H,4,17H2,1-3H3,(H,29,34)/b28-24+. The summed E-state index contributed by atoms with van der Waals surface area (Å²) in [6.45, 7) is 6.05. The van der Waals surface area contributed by atoms with Crippen molar-refractivity contribution in [3.05, 3.63) is 89.5 Å². The first kappa shape index (κ1) is 24.2. The molecule has 3 aromatic carbocycles. The number of aryl methyl sites for hydroxylation is 2. The number of amides is 1. The van der Waals surface area contributed by atoms with Gasteiger partial charge in [0.2, 0.25) is 0 Å². The van der Waals surface area contributed by atoms with Crippen molar-refractivity contribution in [2.24, 2.45) is 5.10 Å². The highest BCUT2D eigenvalue weighted by Crippen LogP contribution is 2.28. The lowest BCUT2D eigenvalue weighted by Crippen LogP contribution is -2.22. The molecule has 2 N–H and O–H groups in total. The Hall–Kier alpha value is -3.91. The summed E-state index contributed by atoms with van der Waals surface area (Å²) < 4.78 is 1.97. The number of aromatic nitrogens is 3. The van der Waals surface area contributed by atoms with Gasteiger partial charge < -0.3 is 5.11 Å². The minimum absolute atomic E-state index is 0.133. The average molecular weight is 486 g/mol. The van der Waals surface area contributed by atoms with Gasteiger partial charge >= 0.3 is 0 Å². The van der Waals surface area contributed by atoms with E-state index in [1.165, 1.54) is 17.3 Å². The summed E-state index contributed by atoms with van der Waals surface area (Å²) in [6.07, 6.45) is 0.639. The van der Waals surface area contributed by atoms with Gasteiger partial charge in [-0.15, -0.1) is 10.2 Å². The smallest absolute Gasteiger partial charge is 0.250 e. The molecular weight excluding hydrogens is 458 g/mol. The Kier molecular flexibility index (Phi) is 7.62. The highest BCUT2D eigenvalue weighted by atomic mass is 32.2. The van der Waals surface area contributed by atoms with E-state index >= 15 is 0 Å². The topological polar surface area (TPSA) is 92.4 Å². The van der Waals surface area contributed by atoms with Crippen LogP contribution in [0.5, 0.6) is 5.75 Å². The van der Waals surface area contributed by atoms with Crippen molar-refractivity contribution in [3.8, 4) is 22.8 Å². The second-order valence-corrected chi connectivity index (χ2v) is 9.07. The van der Waals surface area contributed by atoms with Gasteiger partial charge in [0, 0.05) is 11.3 Å². The molecule has 0 bridgehead atoms. The first-order valence-corrected chi connectivity index (χ1v) is 12.3. The van der Waals surface area contributed by atoms with Crippen molar-refractivity contribution in [1.29, 1.82) is 0 Å². The van der Waals surface area contributed by atoms with Gasteiger partial charge in [-0.3, -0.25) is 9.36 Å². The van der Waals surface area contributed by atoms with E-state index in [0.29, 0.717) is 11.6 Å². The van der Waals surface area contributed by atoms with Gasteiger partial charge in [-0.05, 0) is 62.2 Å². The zero-order chi connectivity index (χ0) is 24.8. The van der Waals surface area contributed by atoms with Gasteiger partial charge in [-0.1, -0.05) is 66.2 Å². The SMILES string of the molecule is CC/C(=N\NC(=O)CSc1nnc(-c2ccc(C)cc2)n1-c1ccc(C)cc1)c1ccc(O)cc1. The third-order valence-electron chi connectivity index (χ3n) is 5.42. The normalized spacial score (nSPS) is 11.5. The number of aromatic hydroxyl groups is 1. The summed E-state index contributed by atoms with van der Waals surface area (Å²) in [4.78, 5) is 12.6. The number of thioether (sulfide) groups is 1. The number of carbonyl (C=O) groups excluding carboxylic acids is 1. The van der Waals surface area contributed by atoms with E-state index in [2.05, 4.69) is 20.7 Å². The van der Waals surface area contributed by atoms with Crippen LogP contribution >= 0.6 is 11.8 Å². The van der Waals surface area contributed by atoms with Crippen molar-refractivity contribution in [1.82, 2.24) is 20.2 Å². The van der Waals surface area contributed by atoms with Crippen molar-refractivity contribution in [2.75, 3.05) is 5.75 Å². The number of hydrogen-bond acceptors (Lipinski definition) is 6. The summed E-state index contributed by atoms with van der Waals surface area (Å²) >= 11 is 1.30. The molecule has 0 aliphatic heterocycles. The molecular formula is C27H27N5O2S. The van der Waals surface area contributed by atoms with Crippen LogP contribution in [0.4, 0.5) is 0 Å². The van der Waals surface area contributed by atoms with Crippen LogP contribution in [0.1, 0.15) is 30.0 Å². The van der Waals surface area contributed by atoms with Crippen molar-refractivity contribution >= 4 is 23.4 Å². The lowest BCUT2D eigenvalue weighted by molar-refractivity contribution is -0.118. The maximum Gasteiger partial charge on any atom is 0.250 e. The molecule has 4 rings (SSSR count). The molecule has 0 aliphatic rings. The molecule has 0 aliphatic carbocycles. The maximum absolute atomic E-state index is 12.6. The van der Waals surface area contributed by atoms with E-state index in [1.54, 1.807) is 24.3 Å². The predicted octanol–water partition coefficient (Wildman–Crippen LogP) is 5.28. The minimum atomic E-state index is -0.241. The van der Waals surface area contributed by atoms with E-state index in [-0.39, 0.29) is 17.4 Å². The number of carbonyl (C=O) groups is 1. The summed E-state index contributed by atoms with van der Waals surface area (Å²) in [7, 11) is 0. The maximum atomic E-state index is 12.6. The largest absolute Gasteiger partial charge is 0.508 e. The molecule has 0 atom stereocenters. The van der Waals surface area contributed by atoms with Crippen LogP contribution in [0.25, 0.3) is 17.1 Å². The van der Waals surface area contributed by atoms with Crippen molar-refractivity contribution in [2.45, 2.75) is 32.3 Å². The Morgan fingerprint density at radius 1 is 0.943 bits per heavy atom. The number of nitrogens with one attached hydrogen (secondary N) is 1. The molecule has 4 aromatic rings. The molecule has 0 fully saturated rings. The monoisotopic (exact) mass is 485 g/mol. The van der Waals surface area contributed by atoms with Crippen LogP contribution in [0.15, 0.2) is 83.1 Å². The lowest BCUT2D eigenvalue weighted by Gasteiger charge is -2.11. The zero-order valence-corrected chi connectivity index (χ0v) is 20.7. The Labute approximate surface area is 208 Å². The zero-order valence-electron chi connectivity index (χ0n) is 19.9. The molecule has 178 valence electrons. The number of hydrazone groups is 1. The summed E-state index contributed by atoms with van der Waals surface area (Å²) in [5.41, 5.74) is 8.42. The number of benzene rings is 3.